The lowest BCUT2D eigenvalue weighted by atomic mass is 10.0. The molecule has 244 valence electrons. The first-order chi connectivity index (χ1) is 25.8. The van der Waals surface area contributed by atoms with Crippen molar-refractivity contribution >= 4 is 102 Å². The Morgan fingerprint density at radius 3 is 1.62 bits per heavy atom. The Morgan fingerprint density at radius 2 is 0.904 bits per heavy atom. The molecule has 11 rings (SSSR count). The van der Waals surface area contributed by atoms with Crippen molar-refractivity contribution in [3.8, 4) is 16.8 Å². The van der Waals surface area contributed by atoms with Crippen LogP contribution in [0.2, 0.25) is 0 Å². The fraction of sp³-hybridized carbons (Fsp3) is 0. The average Bonchev–Trinajstić information content (AvgIpc) is 3.88. The first-order valence-corrected chi connectivity index (χ1v) is 19.2. The number of aromatic nitrogens is 1. The molecule has 0 amide bonds. The quantitative estimate of drug-likeness (QED) is 0.174. The number of rotatable bonds is 5. The van der Waals surface area contributed by atoms with Gasteiger partial charge in [0, 0.05) is 63.5 Å². The molecule has 0 aliphatic heterocycles. The van der Waals surface area contributed by atoms with E-state index in [0.717, 1.165) is 17.1 Å². The van der Waals surface area contributed by atoms with Crippen molar-refractivity contribution in [1.82, 2.24) is 4.57 Å². The number of hydrogen-bond acceptors (Lipinski definition) is 3. The number of hydrogen-bond donors (Lipinski definition) is 0. The third kappa shape index (κ3) is 4.55. The van der Waals surface area contributed by atoms with Crippen LogP contribution in [-0.2, 0) is 0 Å². The van der Waals surface area contributed by atoms with Gasteiger partial charge in [-0.3, -0.25) is 0 Å². The highest BCUT2D eigenvalue weighted by Crippen LogP contribution is 2.47. The maximum Gasteiger partial charge on any atom is 0.0661 e. The van der Waals surface area contributed by atoms with Gasteiger partial charge >= 0.3 is 0 Å². The van der Waals surface area contributed by atoms with Gasteiger partial charge in [-0.05, 0) is 77.9 Å². The molecular weight excluding hydrogens is 669 g/mol. The predicted octanol–water partition coefficient (Wildman–Crippen LogP) is 14.7. The smallest absolute Gasteiger partial charge is 0.0661 e. The maximum absolute atomic E-state index is 2.44. The summed E-state index contributed by atoms with van der Waals surface area (Å²) in [6.45, 7) is 0. The van der Waals surface area contributed by atoms with E-state index in [-0.39, 0.29) is 0 Å². The average molecular weight is 699 g/mol. The topological polar surface area (TPSA) is 8.17 Å². The van der Waals surface area contributed by atoms with Gasteiger partial charge in [-0.1, -0.05) is 115 Å². The number of para-hydroxylation sites is 3. The van der Waals surface area contributed by atoms with Crippen LogP contribution in [0.25, 0.3) is 79.0 Å². The highest BCUT2D eigenvalue weighted by molar-refractivity contribution is 7.26. The van der Waals surface area contributed by atoms with Gasteiger partial charge in [0.05, 0.1) is 21.4 Å². The SMILES string of the molecule is c1ccc(N(c2ccc(-c3ccc4c(c3)sc3ccccc34)cc2)c2cc(-n3c4ccccc4c4ccccc43)cc3c2sc2ccccc23)cc1. The first kappa shape index (κ1) is 29.5. The Morgan fingerprint density at radius 1 is 0.365 bits per heavy atom. The normalized spacial score (nSPS) is 11.8. The van der Waals surface area contributed by atoms with E-state index in [1.807, 2.05) is 22.7 Å². The molecule has 0 aliphatic rings. The third-order valence-corrected chi connectivity index (χ3v) is 12.7. The standard InChI is InChI=1S/C48H30N2S2/c1-2-12-33(13-3-1)49(34-25-22-31(23-26-34)32-24-27-40-38-16-6-10-20-45(38)51-47(40)28-32)44-30-35(29-41-39-17-7-11-21-46(39)52-48(41)44)50-42-18-8-4-14-36(42)37-15-5-9-19-43(37)50/h1-30H. The van der Waals surface area contributed by atoms with Gasteiger partial charge in [-0.15, -0.1) is 22.7 Å². The molecule has 0 saturated heterocycles. The molecule has 11 aromatic rings. The van der Waals surface area contributed by atoms with Crippen molar-refractivity contribution in [3.05, 3.63) is 182 Å². The second-order valence-electron chi connectivity index (χ2n) is 13.3. The molecule has 52 heavy (non-hydrogen) atoms. The monoisotopic (exact) mass is 698 g/mol. The summed E-state index contributed by atoms with van der Waals surface area (Å²) in [5, 5.41) is 7.74. The summed E-state index contributed by atoms with van der Waals surface area (Å²) >= 11 is 3.74. The summed E-state index contributed by atoms with van der Waals surface area (Å²) in [6, 6.07) is 66.7. The van der Waals surface area contributed by atoms with E-state index >= 15 is 0 Å². The molecule has 0 atom stereocenters. The van der Waals surface area contributed by atoms with E-state index < -0.39 is 0 Å². The van der Waals surface area contributed by atoms with Gasteiger partial charge in [0.25, 0.3) is 0 Å². The lowest BCUT2D eigenvalue weighted by Crippen LogP contribution is -2.10. The predicted molar refractivity (Wildman–Crippen MR) is 227 cm³/mol. The second kappa shape index (κ2) is 11.7. The van der Waals surface area contributed by atoms with Crippen LogP contribution in [0.15, 0.2) is 182 Å². The first-order valence-electron chi connectivity index (χ1n) is 17.6. The minimum atomic E-state index is 1.12. The van der Waals surface area contributed by atoms with Gasteiger partial charge in [0.2, 0.25) is 0 Å². The number of nitrogens with zero attached hydrogens (tertiary/aromatic N) is 2. The van der Waals surface area contributed by atoms with Crippen LogP contribution in [0, 0.1) is 0 Å². The van der Waals surface area contributed by atoms with E-state index in [9.17, 15) is 0 Å². The van der Waals surface area contributed by atoms with Gasteiger partial charge in [-0.2, -0.15) is 0 Å². The third-order valence-electron chi connectivity index (χ3n) is 10.4. The number of fused-ring (bicyclic) bond motifs is 9. The van der Waals surface area contributed by atoms with E-state index in [0.29, 0.717) is 0 Å². The fourth-order valence-corrected chi connectivity index (χ4v) is 10.3. The number of anilines is 3. The van der Waals surface area contributed by atoms with E-state index in [1.54, 1.807) is 0 Å². The van der Waals surface area contributed by atoms with E-state index in [2.05, 4.69) is 191 Å². The molecule has 4 heteroatoms. The molecule has 0 aliphatic carbocycles. The summed E-state index contributed by atoms with van der Waals surface area (Å²) in [5.41, 5.74) is 9.42. The Bertz CT molecular complexity index is 3080. The van der Waals surface area contributed by atoms with Gasteiger partial charge in [-0.25, -0.2) is 0 Å². The Labute approximate surface area is 308 Å². The summed E-state index contributed by atoms with van der Waals surface area (Å²) in [6.07, 6.45) is 0. The molecular formula is C48H30N2S2. The highest BCUT2D eigenvalue weighted by Gasteiger charge is 2.22. The zero-order valence-corrected chi connectivity index (χ0v) is 29.7. The Kier molecular flexibility index (Phi) is 6.63. The minimum Gasteiger partial charge on any atom is -0.309 e. The van der Waals surface area contributed by atoms with Crippen LogP contribution in [0.4, 0.5) is 17.1 Å². The number of benzene rings is 8. The van der Waals surface area contributed by atoms with Crippen molar-refractivity contribution in [1.29, 1.82) is 0 Å². The molecule has 0 radical (unpaired) electrons. The summed E-state index contributed by atoms with van der Waals surface area (Å²) in [7, 11) is 0. The van der Waals surface area contributed by atoms with Gasteiger partial charge in [0.1, 0.15) is 0 Å². The maximum atomic E-state index is 2.44. The van der Waals surface area contributed by atoms with Crippen LogP contribution < -0.4 is 4.90 Å². The zero-order chi connectivity index (χ0) is 34.2. The Hall–Kier alpha value is -6.20. The molecule has 2 nitrogen and oxygen atoms in total. The van der Waals surface area contributed by atoms with Crippen molar-refractivity contribution in [2.45, 2.75) is 0 Å². The summed E-state index contributed by atoms with van der Waals surface area (Å²) < 4.78 is 7.66. The second-order valence-corrected chi connectivity index (χ2v) is 15.5. The van der Waals surface area contributed by atoms with E-state index in [4.69, 9.17) is 0 Å². The summed E-state index contributed by atoms with van der Waals surface area (Å²) in [5.74, 6) is 0. The Balaban J connectivity index is 1.13. The van der Waals surface area contributed by atoms with Crippen molar-refractivity contribution in [2.24, 2.45) is 0 Å². The van der Waals surface area contributed by atoms with Crippen LogP contribution in [0.5, 0.6) is 0 Å². The van der Waals surface area contributed by atoms with E-state index in [1.165, 1.54) is 79.0 Å². The van der Waals surface area contributed by atoms with Crippen LogP contribution >= 0.6 is 22.7 Å². The molecule has 0 unspecified atom stereocenters. The number of thiophene rings is 2. The summed E-state index contributed by atoms with van der Waals surface area (Å²) in [4.78, 5) is 2.44. The molecule has 0 saturated carbocycles. The fourth-order valence-electron chi connectivity index (χ4n) is 8.00. The molecule has 0 fully saturated rings. The zero-order valence-electron chi connectivity index (χ0n) is 28.0. The molecule has 8 aromatic carbocycles. The van der Waals surface area contributed by atoms with Crippen LogP contribution in [0.3, 0.4) is 0 Å². The molecule has 0 spiro atoms. The highest BCUT2D eigenvalue weighted by atomic mass is 32.1. The van der Waals surface area contributed by atoms with Crippen molar-refractivity contribution in [3.63, 3.8) is 0 Å². The molecule has 0 bridgehead atoms. The lowest BCUT2D eigenvalue weighted by Gasteiger charge is -2.27. The largest absolute Gasteiger partial charge is 0.309 e. The molecule has 3 aromatic heterocycles. The minimum absolute atomic E-state index is 1.12. The molecule has 3 heterocycles. The molecule has 0 N–H and O–H groups in total. The lowest BCUT2D eigenvalue weighted by molar-refractivity contribution is 1.18. The van der Waals surface area contributed by atoms with Gasteiger partial charge < -0.3 is 9.47 Å². The van der Waals surface area contributed by atoms with Crippen molar-refractivity contribution in [2.75, 3.05) is 4.90 Å². The van der Waals surface area contributed by atoms with Gasteiger partial charge in [0.15, 0.2) is 0 Å². The van der Waals surface area contributed by atoms with Crippen LogP contribution in [0.1, 0.15) is 0 Å². The van der Waals surface area contributed by atoms with Crippen LogP contribution in [-0.4, -0.2) is 4.57 Å². The van der Waals surface area contributed by atoms with Crippen molar-refractivity contribution < 1.29 is 0 Å².